The largest absolute Gasteiger partial charge is 0.530 e. The number of pyridine rings is 1. The molecule has 3 aromatic rings. The second-order valence-electron chi connectivity index (χ2n) is 9.19. The first-order chi connectivity index (χ1) is 14.4. The van der Waals surface area contributed by atoms with Gasteiger partial charge in [0.2, 0.25) is 0 Å². The average molecular weight is 491 g/mol. The molecule has 3 rings (SSSR count). The van der Waals surface area contributed by atoms with Crippen LogP contribution in [0.3, 0.4) is 0 Å². The van der Waals surface area contributed by atoms with Crippen molar-refractivity contribution in [2.45, 2.75) is 65.8 Å². The van der Waals surface area contributed by atoms with E-state index in [0.717, 1.165) is 20.9 Å². The van der Waals surface area contributed by atoms with E-state index >= 15 is 0 Å². The summed E-state index contributed by atoms with van der Waals surface area (Å²) in [4.78, 5) is 22.7. The number of nitrogen functional groups attached to an aromatic ring is 1. The number of aromatic nitrogens is 3. The zero-order valence-corrected chi connectivity index (χ0v) is 20.4. The molecule has 8 nitrogen and oxygen atoms in total. The smallest absolute Gasteiger partial charge is 0.152 e. The van der Waals surface area contributed by atoms with Gasteiger partial charge >= 0.3 is 0 Å². The fourth-order valence-electron chi connectivity index (χ4n) is 4.29. The highest BCUT2D eigenvalue weighted by Crippen LogP contribution is 2.34. The second kappa shape index (κ2) is 8.27. The summed E-state index contributed by atoms with van der Waals surface area (Å²) < 4.78 is 8.55. The molecule has 31 heavy (non-hydrogen) atoms. The molecule has 0 aliphatic rings. The third-order valence-corrected chi connectivity index (χ3v) is 5.68. The van der Waals surface area contributed by atoms with Gasteiger partial charge in [-0.15, -0.1) is 0 Å². The number of benzene rings is 1. The molecule has 0 saturated carbocycles. The predicted octanol–water partition coefficient (Wildman–Crippen LogP) is 3.69. The minimum atomic E-state index is -1.22. The highest BCUT2D eigenvalue weighted by molar-refractivity contribution is 9.10. The number of imidazole rings is 1. The standard InChI is InChI=1S/C22H30BrN5O3/c1-7-31-11-16-26-17-18(14-9-8-13(23)10-15(14)25-19(17)24)27(16)12-22(5,6)28(20(29)30)21(2,3)4/h8-10H,7,11-12H2,1-6H3,(H2,24,25)(H,29,30)/p-1. The number of nitrogens with zero attached hydrogens (tertiary/aromatic N) is 4. The number of carboxylic acid groups (broad SMARTS) is 1. The molecule has 0 bridgehead atoms. The zero-order valence-electron chi connectivity index (χ0n) is 18.8. The summed E-state index contributed by atoms with van der Waals surface area (Å²) in [5, 5.41) is 13.0. The Labute approximate surface area is 190 Å². The van der Waals surface area contributed by atoms with E-state index in [9.17, 15) is 9.90 Å². The molecule has 168 valence electrons. The first-order valence-corrected chi connectivity index (χ1v) is 11.0. The monoisotopic (exact) mass is 490 g/mol. The van der Waals surface area contributed by atoms with E-state index in [0.29, 0.717) is 30.3 Å². The molecule has 9 heteroatoms. The Hall–Kier alpha value is -2.39. The van der Waals surface area contributed by atoms with Crippen LogP contribution in [0.25, 0.3) is 21.9 Å². The topological polar surface area (TPSA) is 109 Å². The molecule has 0 radical (unpaired) electrons. The summed E-state index contributed by atoms with van der Waals surface area (Å²) in [7, 11) is 0. The highest BCUT2D eigenvalue weighted by atomic mass is 79.9. The van der Waals surface area contributed by atoms with Crippen molar-refractivity contribution in [3.8, 4) is 0 Å². The van der Waals surface area contributed by atoms with Crippen LogP contribution >= 0.6 is 15.9 Å². The molecule has 0 spiro atoms. The molecular weight excluding hydrogens is 462 g/mol. The number of fused-ring (bicyclic) bond motifs is 3. The van der Waals surface area contributed by atoms with Gasteiger partial charge < -0.3 is 29.8 Å². The fourth-order valence-corrected chi connectivity index (χ4v) is 4.64. The molecule has 2 N–H and O–H groups in total. The SMILES string of the molecule is CCOCc1nc2c(N)nc3cc(Br)ccc3c2n1CC(C)(C)N(C(=O)[O-])C(C)(C)C. The second-order valence-corrected chi connectivity index (χ2v) is 10.1. The molecule has 1 amide bonds. The molecule has 0 unspecified atom stereocenters. The molecular formula is C22H29BrN5O3-. The normalized spacial score (nSPS) is 12.6. The molecule has 0 saturated heterocycles. The highest BCUT2D eigenvalue weighted by Gasteiger charge is 2.36. The van der Waals surface area contributed by atoms with Gasteiger partial charge in [-0.25, -0.2) is 9.97 Å². The van der Waals surface area contributed by atoms with Crippen molar-refractivity contribution >= 4 is 49.8 Å². The Morgan fingerprint density at radius 2 is 1.94 bits per heavy atom. The van der Waals surface area contributed by atoms with Crippen molar-refractivity contribution in [3.63, 3.8) is 0 Å². The lowest BCUT2D eigenvalue weighted by atomic mass is 9.94. The molecule has 0 atom stereocenters. The van der Waals surface area contributed by atoms with Gasteiger partial charge in [-0.05, 0) is 59.7 Å². The van der Waals surface area contributed by atoms with Crippen molar-refractivity contribution in [2.24, 2.45) is 0 Å². The Bertz CT molecular complexity index is 1130. The number of halogens is 1. The average Bonchev–Trinajstić information content (AvgIpc) is 2.96. The van der Waals surface area contributed by atoms with Crippen molar-refractivity contribution in [2.75, 3.05) is 12.3 Å². The lowest BCUT2D eigenvalue weighted by molar-refractivity contribution is -0.277. The summed E-state index contributed by atoms with van der Waals surface area (Å²) in [5.74, 6) is 0.989. The van der Waals surface area contributed by atoms with E-state index in [2.05, 4.69) is 20.9 Å². The molecule has 0 aliphatic heterocycles. The molecule has 0 aliphatic carbocycles. The van der Waals surface area contributed by atoms with Crippen molar-refractivity contribution in [1.29, 1.82) is 0 Å². The van der Waals surface area contributed by atoms with E-state index < -0.39 is 17.2 Å². The van der Waals surface area contributed by atoms with Crippen LogP contribution in [0, 0.1) is 0 Å². The van der Waals surface area contributed by atoms with Crippen LogP contribution in [0.15, 0.2) is 22.7 Å². The summed E-state index contributed by atoms with van der Waals surface area (Å²) in [5.41, 5.74) is 6.94. The van der Waals surface area contributed by atoms with Crippen LogP contribution in [0.1, 0.15) is 47.4 Å². The maximum atomic E-state index is 12.1. The van der Waals surface area contributed by atoms with Crippen molar-refractivity contribution in [3.05, 3.63) is 28.5 Å². The number of nitrogens with two attached hydrogens (primary N) is 1. The van der Waals surface area contributed by atoms with E-state index in [1.165, 1.54) is 4.90 Å². The Morgan fingerprint density at radius 1 is 1.26 bits per heavy atom. The lowest BCUT2D eigenvalue weighted by Gasteiger charge is -2.49. The van der Waals surface area contributed by atoms with E-state index in [1.54, 1.807) is 0 Å². The number of rotatable bonds is 6. The number of anilines is 1. The predicted molar refractivity (Wildman–Crippen MR) is 124 cm³/mol. The Balaban J connectivity index is 2.28. The fraction of sp³-hybridized carbons (Fsp3) is 0.500. The van der Waals surface area contributed by atoms with Crippen LogP contribution < -0.4 is 10.8 Å². The first kappa shape index (κ1) is 23.3. The van der Waals surface area contributed by atoms with Crippen molar-refractivity contribution < 1.29 is 14.6 Å². The van der Waals surface area contributed by atoms with Gasteiger partial charge in [-0.2, -0.15) is 0 Å². The van der Waals surface area contributed by atoms with Crippen LogP contribution in [0.5, 0.6) is 0 Å². The zero-order chi connectivity index (χ0) is 23.1. The van der Waals surface area contributed by atoms with Crippen LogP contribution in [-0.4, -0.2) is 43.2 Å². The van der Waals surface area contributed by atoms with Crippen LogP contribution in [0.2, 0.25) is 0 Å². The molecule has 1 aromatic carbocycles. The number of hydrogen-bond donors (Lipinski definition) is 1. The summed E-state index contributed by atoms with van der Waals surface area (Å²) in [6, 6.07) is 5.80. The quantitative estimate of drug-likeness (QED) is 0.564. The van der Waals surface area contributed by atoms with Gasteiger partial charge in [0.05, 0.1) is 16.6 Å². The number of hydrogen-bond acceptors (Lipinski definition) is 6. The lowest BCUT2D eigenvalue weighted by Crippen LogP contribution is -2.62. The van der Waals surface area contributed by atoms with Gasteiger partial charge in [0, 0.05) is 28.5 Å². The summed E-state index contributed by atoms with van der Waals surface area (Å²) >= 11 is 3.48. The number of ether oxygens (including phenoxy) is 1. The van der Waals surface area contributed by atoms with E-state index in [-0.39, 0.29) is 6.61 Å². The van der Waals surface area contributed by atoms with Gasteiger partial charge in [-0.1, -0.05) is 15.9 Å². The minimum absolute atomic E-state index is 0.277. The van der Waals surface area contributed by atoms with Gasteiger partial charge in [-0.3, -0.25) is 0 Å². The van der Waals surface area contributed by atoms with Gasteiger partial charge in [0.1, 0.15) is 24.0 Å². The van der Waals surface area contributed by atoms with Gasteiger partial charge in [0.25, 0.3) is 0 Å². The number of carbonyl (C=O) groups excluding carboxylic acids is 1. The van der Waals surface area contributed by atoms with Crippen LogP contribution in [-0.2, 0) is 17.9 Å². The third-order valence-electron chi connectivity index (χ3n) is 5.18. The molecule has 0 fully saturated rings. The Morgan fingerprint density at radius 3 is 2.52 bits per heavy atom. The maximum Gasteiger partial charge on any atom is 0.152 e. The molecule has 2 heterocycles. The van der Waals surface area contributed by atoms with Crippen molar-refractivity contribution in [1.82, 2.24) is 19.4 Å². The van der Waals surface area contributed by atoms with Crippen LogP contribution in [0.4, 0.5) is 10.6 Å². The van der Waals surface area contributed by atoms with Gasteiger partial charge in [0.15, 0.2) is 5.82 Å². The number of carbonyl (C=O) groups is 1. The number of amides is 1. The Kier molecular flexibility index (Phi) is 6.21. The first-order valence-electron chi connectivity index (χ1n) is 10.2. The van der Waals surface area contributed by atoms with E-state index in [1.807, 2.05) is 64.3 Å². The minimum Gasteiger partial charge on any atom is -0.530 e. The summed E-state index contributed by atoms with van der Waals surface area (Å²) in [6.45, 7) is 12.4. The third kappa shape index (κ3) is 4.48. The maximum absolute atomic E-state index is 12.1. The molecule has 2 aromatic heterocycles. The van der Waals surface area contributed by atoms with E-state index in [4.69, 9.17) is 15.5 Å². The summed E-state index contributed by atoms with van der Waals surface area (Å²) in [6.07, 6.45) is -1.22.